The molecule has 0 unspecified atom stereocenters. The van der Waals surface area contributed by atoms with Crippen LogP contribution in [0.1, 0.15) is 11.1 Å². The van der Waals surface area contributed by atoms with E-state index in [1.54, 1.807) is 7.11 Å². The maximum absolute atomic E-state index is 5.21. The molecule has 0 atom stereocenters. The minimum Gasteiger partial charge on any atom is -0.497 e. The van der Waals surface area contributed by atoms with Crippen LogP contribution >= 0.6 is 24.0 Å². The number of rotatable bonds is 6. The predicted molar refractivity (Wildman–Crippen MR) is 123 cm³/mol. The molecule has 0 bridgehead atoms. The van der Waals surface area contributed by atoms with Crippen LogP contribution in [0.5, 0.6) is 5.75 Å². The highest BCUT2D eigenvalue weighted by atomic mass is 127. The zero-order valence-corrected chi connectivity index (χ0v) is 18.4. The standard InChI is InChI=1S/C21H26N4O.HI/c1-22-21(25(2)15-16-8-10-18(26-3)11-9-16)23-13-12-17-14-24-20-7-5-4-6-19(17)20;/h4-11,14,24H,12-13,15H2,1-3H3,(H,22,23);1H. The van der Waals surface area contributed by atoms with Crippen LogP contribution in [0, 0.1) is 0 Å². The van der Waals surface area contributed by atoms with E-state index in [0.29, 0.717) is 0 Å². The molecule has 0 amide bonds. The second-order valence-electron chi connectivity index (χ2n) is 6.29. The fourth-order valence-electron chi connectivity index (χ4n) is 3.11. The van der Waals surface area contributed by atoms with E-state index in [1.807, 2.05) is 26.2 Å². The lowest BCUT2D eigenvalue weighted by Crippen LogP contribution is -2.39. The van der Waals surface area contributed by atoms with E-state index >= 15 is 0 Å². The fraction of sp³-hybridized carbons (Fsp3) is 0.286. The number of hydrogen-bond acceptors (Lipinski definition) is 2. The van der Waals surface area contributed by atoms with Gasteiger partial charge in [0, 0.05) is 44.3 Å². The molecular formula is C21H27IN4O. The summed E-state index contributed by atoms with van der Waals surface area (Å²) in [6.45, 7) is 1.62. The van der Waals surface area contributed by atoms with E-state index in [1.165, 1.54) is 22.0 Å². The Bertz CT molecular complexity index is 873. The third-order valence-electron chi connectivity index (χ3n) is 4.50. The van der Waals surface area contributed by atoms with Gasteiger partial charge < -0.3 is 19.9 Å². The van der Waals surface area contributed by atoms with Crippen molar-refractivity contribution in [2.24, 2.45) is 4.99 Å². The molecule has 0 radical (unpaired) electrons. The molecule has 0 spiro atoms. The SMILES string of the molecule is CN=C(NCCc1c[nH]c2ccccc12)N(C)Cc1ccc(OC)cc1.I. The number of aliphatic imine (C=N–C) groups is 1. The van der Waals surface area contributed by atoms with Gasteiger partial charge in [0.2, 0.25) is 0 Å². The summed E-state index contributed by atoms with van der Waals surface area (Å²) < 4.78 is 5.21. The lowest BCUT2D eigenvalue weighted by atomic mass is 10.1. The van der Waals surface area contributed by atoms with Gasteiger partial charge in [-0.3, -0.25) is 4.99 Å². The molecule has 27 heavy (non-hydrogen) atoms. The van der Waals surface area contributed by atoms with E-state index in [4.69, 9.17) is 4.74 Å². The van der Waals surface area contributed by atoms with E-state index in [-0.39, 0.29) is 24.0 Å². The van der Waals surface area contributed by atoms with Gasteiger partial charge in [0.15, 0.2) is 5.96 Å². The average Bonchev–Trinajstić information content (AvgIpc) is 3.09. The van der Waals surface area contributed by atoms with Crippen molar-refractivity contribution < 1.29 is 4.74 Å². The molecule has 5 nitrogen and oxygen atoms in total. The average molecular weight is 478 g/mol. The Kier molecular flexibility index (Phi) is 7.97. The molecule has 0 aliphatic carbocycles. The molecule has 3 aromatic rings. The summed E-state index contributed by atoms with van der Waals surface area (Å²) in [6.07, 6.45) is 3.04. The topological polar surface area (TPSA) is 52.7 Å². The number of fused-ring (bicyclic) bond motifs is 1. The van der Waals surface area contributed by atoms with E-state index in [0.717, 1.165) is 31.2 Å². The fourth-order valence-corrected chi connectivity index (χ4v) is 3.11. The summed E-state index contributed by atoms with van der Waals surface area (Å²) in [6, 6.07) is 16.5. The zero-order valence-electron chi connectivity index (χ0n) is 16.0. The first kappa shape index (κ1) is 21.1. The van der Waals surface area contributed by atoms with Crippen molar-refractivity contribution in [2.45, 2.75) is 13.0 Å². The molecule has 0 fully saturated rings. The largest absolute Gasteiger partial charge is 0.497 e. The monoisotopic (exact) mass is 478 g/mol. The predicted octanol–water partition coefficient (Wildman–Crippen LogP) is 4.04. The number of nitrogens with one attached hydrogen (secondary N) is 2. The minimum atomic E-state index is 0. The molecule has 3 rings (SSSR count). The smallest absolute Gasteiger partial charge is 0.193 e. The van der Waals surface area contributed by atoms with Gasteiger partial charge in [0.25, 0.3) is 0 Å². The summed E-state index contributed by atoms with van der Waals surface area (Å²) in [5.41, 5.74) is 3.72. The second kappa shape index (κ2) is 10.2. The van der Waals surface area contributed by atoms with Gasteiger partial charge in [-0.25, -0.2) is 0 Å². The maximum atomic E-state index is 5.21. The number of ether oxygens (including phenoxy) is 1. The van der Waals surface area contributed by atoms with Crippen molar-refractivity contribution in [2.75, 3.05) is 27.7 Å². The number of nitrogens with zero attached hydrogens (tertiary/aromatic N) is 2. The van der Waals surface area contributed by atoms with Crippen LogP contribution in [0.4, 0.5) is 0 Å². The van der Waals surface area contributed by atoms with Crippen LogP contribution in [0.2, 0.25) is 0 Å². The Morgan fingerprint density at radius 1 is 1.15 bits per heavy atom. The van der Waals surface area contributed by atoms with Gasteiger partial charge in [-0.1, -0.05) is 30.3 Å². The highest BCUT2D eigenvalue weighted by molar-refractivity contribution is 14.0. The van der Waals surface area contributed by atoms with E-state index < -0.39 is 0 Å². The van der Waals surface area contributed by atoms with Crippen LogP contribution in [0.3, 0.4) is 0 Å². The highest BCUT2D eigenvalue weighted by Crippen LogP contribution is 2.17. The molecule has 2 N–H and O–H groups in total. The Hall–Kier alpha value is -2.22. The van der Waals surface area contributed by atoms with Gasteiger partial charge in [0.05, 0.1) is 7.11 Å². The molecule has 0 aliphatic heterocycles. The zero-order chi connectivity index (χ0) is 18.4. The van der Waals surface area contributed by atoms with Gasteiger partial charge in [-0.15, -0.1) is 24.0 Å². The lowest BCUT2D eigenvalue weighted by Gasteiger charge is -2.22. The molecule has 0 saturated carbocycles. The molecule has 2 aromatic carbocycles. The van der Waals surface area contributed by atoms with Gasteiger partial charge in [-0.2, -0.15) is 0 Å². The molecule has 1 aromatic heterocycles. The number of aromatic nitrogens is 1. The van der Waals surface area contributed by atoms with Crippen molar-refractivity contribution in [1.82, 2.24) is 15.2 Å². The van der Waals surface area contributed by atoms with Crippen LogP contribution in [0.15, 0.2) is 59.7 Å². The molecule has 0 saturated heterocycles. The van der Waals surface area contributed by atoms with E-state index in [9.17, 15) is 0 Å². The number of methoxy groups -OCH3 is 1. The van der Waals surface area contributed by atoms with Crippen LogP contribution in [-0.4, -0.2) is 43.6 Å². The molecule has 6 heteroatoms. The highest BCUT2D eigenvalue weighted by Gasteiger charge is 2.08. The quantitative estimate of drug-likeness (QED) is 0.320. The number of aromatic amines is 1. The maximum Gasteiger partial charge on any atom is 0.193 e. The summed E-state index contributed by atoms with van der Waals surface area (Å²) in [5, 5.41) is 4.74. The summed E-state index contributed by atoms with van der Waals surface area (Å²) >= 11 is 0. The van der Waals surface area contributed by atoms with Gasteiger partial charge in [0.1, 0.15) is 5.75 Å². The number of para-hydroxylation sites is 1. The second-order valence-corrected chi connectivity index (χ2v) is 6.29. The number of guanidine groups is 1. The third-order valence-corrected chi connectivity index (χ3v) is 4.50. The lowest BCUT2D eigenvalue weighted by molar-refractivity contribution is 0.414. The van der Waals surface area contributed by atoms with Crippen molar-refractivity contribution in [3.05, 3.63) is 65.9 Å². The first-order chi connectivity index (χ1) is 12.7. The summed E-state index contributed by atoms with van der Waals surface area (Å²) in [4.78, 5) is 9.85. The molecule has 0 aliphatic rings. The first-order valence-electron chi connectivity index (χ1n) is 8.81. The van der Waals surface area contributed by atoms with Gasteiger partial charge in [-0.05, 0) is 35.7 Å². The van der Waals surface area contributed by atoms with Crippen molar-refractivity contribution in [1.29, 1.82) is 0 Å². The minimum absolute atomic E-state index is 0. The number of benzene rings is 2. The normalized spacial score (nSPS) is 11.1. The van der Waals surface area contributed by atoms with Crippen molar-refractivity contribution in [3.63, 3.8) is 0 Å². The summed E-state index contributed by atoms with van der Waals surface area (Å²) in [7, 11) is 5.55. The van der Waals surface area contributed by atoms with Crippen LogP contribution in [0.25, 0.3) is 10.9 Å². The van der Waals surface area contributed by atoms with E-state index in [2.05, 4.69) is 62.8 Å². The number of halogens is 1. The van der Waals surface area contributed by atoms with Crippen molar-refractivity contribution >= 4 is 40.8 Å². The Balaban J connectivity index is 0.00000261. The Morgan fingerprint density at radius 3 is 2.59 bits per heavy atom. The molecule has 144 valence electrons. The number of hydrogen-bond donors (Lipinski definition) is 2. The van der Waals surface area contributed by atoms with Crippen molar-refractivity contribution in [3.8, 4) is 5.75 Å². The first-order valence-corrected chi connectivity index (χ1v) is 8.81. The Morgan fingerprint density at radius 2 is 1.89 bits per heavy atom. The molecular weight excluding hydrogens is 451 g/mol. The van der Waals surface area contributed by atoms with Gasteiger partial charge >= 0.3 is 0 Å². The summed E-state index contributed by atoms with van der Waals surface area (Å²) in [5.74, 6) is 1.76. The Labute approximate surface area is 177 Å². The third kappa shape index (κ3) is 5.38. The van der Waals surface area contributed by atoms with Crippen LogP contribution in [-0.2, 0) is 13.0 Å². The number of H-pyrrole nitrogens is 1. The van der Waals surface area contributed by atoms with Crippen LogP contribution < -0.4 is 10.1 Å². The molecule has 1 heterocycles.